The Morgan fingerprint density at radius 2 is 2.05 bits per heavy atom. The number of hydrogen-bond donors (Lipinski definition) is 2. The molecule has 19 heavy (non-hydrogen) atoms. The van der Waals surface area contributed by atoms with Crippen LogP contribution in [0.25, 0.3) is 11.1 Å². The summed E-state index contributed by atoms with van der Waals surface area (Å²) in [6.45, 7) is 1.66. The van der Waals surface area contributed by atoms with Gasteiger partial charge in [-0.2, -0.15) is 0 Å². The van der Waals surface area contributed by atoms with Gasteiger partial charge in [-0.3, -0.25) is 0 Å². The molecule has 0 saturated heterocycles. The third-order valence-corrected chi connectivity index (χ3v) is 3.52. The van der Waals surface area contributed by atoms with E-state index in [0.29, 0.717) is 13.2 Å². The molecule has 0 aliphatic rings. The number of hydrogen-bond acceptors (Lipinski definition) is 4. The van der Waals surface area contributed by atoms with Crippen molar-refractivity contribution in [1.82, 2.24) is 5.32 Å². The lowest BCUT2D eigenvalue weighted by atomic mass is 10.1. The van der Waals surface area contributed by atoms with Gasteiger partial charge >= 0.3 is 6.09 Å². The molecule has 0 fully saturated rings. The van der Waals surface area contributed by atoms with Crippen LogP contribution >= 0.6 is 11.3 Å². The van der Waals surface area contributed by atoms with Crippen molar-refractivity contribution in [2.45, 2.75) is 6.54 Å². The first-order valence-electron chi connectivity index (χ1n) is 6.01. The van der Waals surface area contributed by atoms with Crippen molar-refractivity contribution in [2.75, 3.05) is 13.2 Å². The average Bonchev–Trinajstić information content (AvgIpc) is 2.88. The van der Waals surface area contributed by atoms with E-state index in [2.05, 4.69) is 33.6 Å². The molecule has 5 heteroatoms. The quantitative estimate of drug-likeness (QED) is 0.797. The summed E-state index contributed by atoms with van der Waals surface area (Å²) in [5.41, 5.74) is 7.32. The third-order valence-electron chi connectivity index (χ3n) is 2.58. The van der Waals surface area contributed by atoms with E-state index in [1.807, 2.05) is 18.2 Å². The fourth-order valence-electron chi connectivity index (χ4n) is 1.69. The van der Waals surface area contributed by atoms with Crippen LogP contribution in [0.1, 0.15) is 4.88 Å². The number of carbonyl (C=O) groups excluding carboxylic acids is 1. The van der Waals surface area contributed by atoms with Crippen LogP contribution in [0.2, 0.25) is 0 Å². The van der Waals surface area contributed by atoms with Gasteiger partial charge in [0, 0.05) is 18.0 Å². The Kier molecular flexibility index (Phi) is 4.94. The molecule has 1 aromatic carbocycles. The van der Waals surface area contributed by atoms with Gasteiger partial charge in [-0.15, -0.1) is 11.3 Å². The second-order valence-electron chi connectivity index (χ2n) is 4.01. The second kappa shape index (κ2) is 6.92. The molecule has 2 rings (SSSR count). The van der Waals surface area contributed by atoms with E-state index in [0.717, 1.165) is 6.54 Å². The van der Waals surface area contributed by atoms with Crippen LogP contribution in [0, 0.1) is 0 Å². The number of rotatable bonds is 6. The molecule has 2 aromatic rings. The van der Waals surface area contributed by atoms with Crippen molar-refractivity contribution < 1.29 is 9.53 Å². The number of primary amides is 1. The van der Waals surface area contributed by atoms with Crippen LogP contribution in [-0.4, -0.2) is 19.2 Å². The molecule has 0 bridgehead atoms. The summed E-state index contributed by atoms with van der Waals surface area (Å²) in [5, 5.41) is 5.34. The lowest BCUT2D eigenvalue weighted by molar-refractivity contribution is 0.157. The number of benzene rings is 1. The molecule has 0 spiro atoms. The number of amides is 1. The lowest BCUT2D eigenvalue weighted by Gasteiger charge is -2.02. The smallest absolute Gasteiger partial charge is 0.404 e. The minimum absolute atomic E-state index is 0.298. The number of ether oxygens (including phenoxy) is 1. The SMILES string of the molecule is NC(=O)OCCNCc1cc(-c2ccccc2)cs1. The highest BCUT2D eigenvalue weighted by Crippen LogP contribution is 2.25. The predicted octanol–water partition coefficient (Wildman–Crippen LogP) is 2.60. The van der Waals surface area contributed by atoms with Crippen LogP contribution in [0.3, 0.4) is 0 Å². The maximum Gasteiger partial charge on any atom is 0.404 e. The Morgan fingerprint density at radius 1 is 1.26 bits per heavy atom. The molecular weight excluding hydrogens is 260 g/mol. The maximum absolute atomic E-state index is 10.4. The van der Waals surface area contributed by atoms with Crippen molar-refractivity contribution in [3.05, 3.63) is 46.7 Å². The Hall–Kier alpha value is -1.85. The van der Waals surface area contributed by atoms with Crippen molar-refractivity contribution >= 4 is 17.4 Å². The van der Waals surface area contributed by atoms with Gasteiger partial charge in [-0.25, -0.2) is 4.79 Å². The molecule has 0 aliphatic carbocycles. The Bertz CT molecular complexity index is 525. The molecule has 3 N–H and O–H groups in total. The summed E-state index contributed by atoms with van der Waals surface area (Å²) in [6, 6.07) is 12.4. The monoisotopic (exact) mass is 276 g/mol. The second-order valence-corrected chi connectivity index (χ2v) is 5.01. The van der Waals surface area contributed by atoms with Gasteiger partial charge in [0.05, 0.1) is 0 Å². The van der Waals surface area contributed by atoms with Crippen LogP contribution in [0.15, 0.2) is 41.8 Å². The first-order valence-corrected chi connectivity index (χ1v) is 6.89. The molecule has 1 aromatic heterocycles. The van der Waals surface area contributed by atoms with Crippen LogP contribution in [0.5, 0.6) is 0 Å². The molecule has 0 unspecified atom stereocenters. The molecule has 100 valence electrons. The van der Waals surface area contributed by atoms with Gasteiger partial charge in [0.1, 0.15) is 6.61 Å². The molecule has 0 saturated carbocycles. The van der Waals surface area contributed by atoms with Crippen molar-refractivity contribution in [3.8, 4) is 11.1 Å². The molecule has 1 heterocycles. The van der Waals surface area contributed by atoms with Gasteiger partial charge in [0.2, 0.25) is 0 Å². The fraction of sp³-hybridized carbons (Fsp3) is 0.214. The molecule has 0 atom stereocenters. The van der Waals surface area contributed by atoms with E-state index in [1.54, 1.807) is 11.3 Å². The van der Waals surface area contributed by atoms with E-state index in [4.69, 9.17) is 5.73 Å². The van der Waals surface area contributed by atoms with Gasteiger partial charge in [0.15, 0.2) is 0 Å². The highest BCUT2D eigenvalue weighted by molar-refractivity contribution is 7.10. The van der Waals surface area contributed by atoms with Crippen LogP contribution in [0.4, 0.5) is 4.79 Å². The zero-order chi connectivity index (χ0) is 13.5. The zero-order valence-electron chi connectivity index (χ0n) is 10.5. The Balaban J connectivity index is 1.80. The van der Waals surface area contributed by atoms with Crippen molar-refractivity contribution in [2.24, 2.45) is 5.73 Å². The van der Waals surface area contributed by atoms with Gasteiger partial charge in [0.25, 0.3) is 0 Å². The molecule has 0 aliphatic heterocycles. The minimum atomic E-state index is -0.732. The molecule has 1 amide bonds. The average molecular weight is 276 g/mol. The van der Waals surface area contributed by atoms with Crippen molar-refractivity contribution in [3.63, 3.8) is 0 Å². The van der Waals surface area contributed by atoms with Gasteiger partial charge in [-0.1, -0.05) is 30.3 Å². The van der Waals surface area contributed by atoms with E-state index in [-0.39, 0.29) is 0 Å². The third kappa shape index (κ3) is 4.39. The van der Waals surface area contributed by atoms with Crippen molar-refractivity contribution in [1.29, 1.82) is 0 Å². The number of nitrogens with two attached hydrogens (primary N) is 1. The fourth-order valence-corrected chi connectivity index (χ4v) is 2.55. The summed E-state index contributed by atoms with van der Waals surface area (Å²) in [5.74, 6) is 0. The van der Waals surface area contributed by atoms with E-state index >= 15 is 0 Å². The highest BCUT2D eigenvalue weighted by atomic mass is 32.1. The normalized spacial score (nSPS) is 10.3. The van der Waals surface area contributed by atoms with Gasteiger partial charge < -0.3 is 15.8 Å². The van der Waals surface area contributed by atoms with Crippen LogP contribution in [-0.2, 0) is 11.3 Å². The summed E-state index contributed by atoms with van der Waals surface area (Å²) in [7, 11) is 0. The largest absolute Gasteiger partial charge is 0.448 e. The first kappa shape index (κ1) is 13.6. The summed E-state index contributed by atoms with van der Waals surface area (Å²) in [6.07, 6.45) is -0.732. The maximum atomic E-state index is 10.4. The summed E-state index contributed by atoms with van der Waals surface area (Å²) >= 11 is 1.71. The minimum Gasteiger partial charge on any atom is -0.448 e. The molecule has 4 nitrogen and oxygen atoms in total. The van der Waals surface area contributed by atoms with Gasteiger partial charge in [-0.05, 0) is 22.6 Å². The number of carbonyl (C=O) groups is 1. The standard InChI is InChI=1S/C14H16N2O2S/c15-14(17)18-7-6-16-9-13-8-12(10-19-13)11-4-2-1-3-5-11/h1-5,8,10,16H,6-7,9H2,(H2,15,17). The topological polar surface area (TPSA) is 64.4 Å². The predicted molar refractivity (Wildman–Crippen MR) is 77.0 cm³/mol. The number of nitrogens with one attached hydrogen (secondary N) is 1. The Morgan fingerprint density at radius 3 is 2.79 bits per heavy atom. The molecule has 0 radical (unpaired) electrons. The number of thiophene rings is 1. The van der Waals surface area contributed by atoms with Crippen LogP contribution < -0.4 is 11.1 Å². The zero-order valence-corrected chi connectivity index (χ0v) is 11.3. The summed E-state index contributed by atoms with van der Waals surface area (Å²) < 4.78 is 4.63. The first-order chi connectivity index (χ1) is 9.25. The van der Waals surface area contributed by atoms with E-state index in [1.165, 1.54) is 16.0 Å². The highest BCUT2D eigenvalue weighted by Gasteiger charge is 2.02. The Labute approximate surface area is 116 Å². The lowest BCUT2D eigenvalue weighted by Crippen LogP contribution is -2.22. The van der Waals surface area contributed by atoms with E-state index in [9.17, 15) is 4.79 Å². The summed E-state index contributed by atoms with van der Waals surface area (Å²) in [4.78, 5) is 11.6. The van der Waals surface area contributed by atoms with E-state index < -0.39 is 6.09 Å². The molecular formula is C14H16N2O2S.